The average molecular weight is 284 g/mol. The average Bonchev–Trinajstić information content (AvgIpc) is 2.90. The molecule has 1 N–H and O–H groups in total. The Kier molecular flexibility index (Phi) is 3.69. The lowest BCUT2D eigenvalue weighted by Crippen LogP contribution is -2.35. The van der Waals surface area contributed by atoms with Gasteiger partial charge in [0, 0.05) is 29.9 Å². The summed E-state index contributed by atoms with van der Waals surface area (Å²) < 4.78 is 5.70. The second-order valence-electron chi connectivity index (χ2n) is 5.62. The van der Waals surface area contributed by atoms with Gasteiger partial charge in [0.1, 0.15) is 5.58 Å². The lowest BCUT2D eigenvalue weighted by Gasteiger charge is -2.25. The van der Waals surface area contributed by atoms with Crippen LogP contribution in [0.1, 0.15) is 36.7 Å². The Morgan fingerprint density at radius 3 is 2.71 bits per heavy atom. The van der Waals surface area contributed by atoms with E-state index in [2.05, 4.69) is 11.9 Å². The van der Waals surface area contributed by atoms with Gasteiger partial charge in [0.25, 0.3) is 5.91 Å². The van der Waals surface area contributed by atoms with Crippen LogP contribution in [0.15, 0.2) is 41.0 Å². The van der Waals surface area contributed by atoms with Crippen LogP contribution >= 0.6 is 0 Å². The van der Waals surface area contributed by atoms with E-state index in [0.29, 0.717) is 5.76 Å². The minimum atomic E-state index is 0.000287. The number of rotatable bonds is 3. The quantitative estimate of drug-likeness (QED) is 0.926. The topological polar surface area (TPSA) is 45.5 Å². The van der Waals surface area contributed by atoms with Crippen LogP contribution in [0.25, 0.3) is 11.0 Å². The Labute approximate surface area is 124 Å². The number of furan rings is 1. The first-order chi connectivity index (χ1) is 10.1. The van der Waals surface area contributed by atoms with E-state index in [9.17, 15) is 4.79 Å². The summed E-state index contributed by atoms with van der Waals surface area (Å²) in [6.07, 6.45) is 3.37. The molecule has 4 heteroatoms. The normalized spacial score (nSPS) is 15.2. The summed E-state index contributed by atoms with van der Waals surface area (Å²) in [5.74, 6) is 0.430. The van der Waals surface area contributed by atoms with Crippen LogP contribution in [0, 0.1) is 0 Å². The molecule has 1 amide bonds. The van der Waals surface area contributed by atoms with E-state index in [4.69, 9.17) is 4.42 Å². The molecule has 0 radical (unpaired) electrons. The number of nitrogens with zero attached hydrogens (tertiary/aromatic N) is 1. The van der Waals surface area contributed by atoms with E-state index in [-0.39, 0.29) is 5.91 Å². The van der Waals surface area contributed by atoms with E-state index in [1.165, 1.54) is 6.42 Å². The van der Waals surface area contributed by atoms with E-state index in [0.717, 1.165) is 48.3 Å². The van der Waals surface area contributed by atoms with Crippen molar-refractivity contribution in [1.29, 1.82) is 0 Å². The monoisotopic (exact) mass is 284 g/mol. The summed E-state index contributed by atoms with van der Waals surface area (Å²) in [7, 11) is 0. The van der Waals surface area contributed by atoms with Crippen LogP contribution in [0.4, 0.5) is 5.69 Å². The Balaban J connectivity index is 1.86. The Bertz CT molecular complexity index is 681. The van der Waals surface area contributed by atoms with Crippen molar-refractivity contribution in [3.8, 4) is 0 Å². The fourth-order valence-corrected chi connectivity index (χ4v) is 2.73. The molecular formula is C17H20N2O2. The highest BCUT2D eigenvalue weighted by atomic mass is 16.3. The molecule has 0 atom stereocenters. The highest BCUT2D eigenvalue weighted by molar-refractivity contribution is 5.96. The van der Waals surface area contributed by atoms with E-state index >= 15 is 0 Å². The van der Waals surface area contributed by atoms with Gasteiger partial charge >= 0.3 is 0 Å². The molecule has 1 fully saturated rings. The number of amides is 1. The number of hydrogen-bond acceptors (Lipinski definition) is 3. The summed E-state index contributed by atoms with van der Waals surface area (Å²) in [6.45, 7) is 7.40. The van der Waals surface area contributed by atoms with Crippen molar-refractivity contribution in [2.45, 2.75) is 26.2 Å². The van der Waals surface area contributed by atoms with Crippen LogP contribution in [-0.4, -0.2) is 23.9 Å². The first kappa shape index (κ1) is 13.7. The zero-order valence-electron chi connectivity index (χ0n) is 12.3. The minimum Gasteiger partial charge on any atom is -0.451 e. The molecule has 1 aliphatic heterocycles. The molecule has 2 aromatic rings. The molecule has 1 aromatic heterocycles. The fourth-order valence-electron chi connectivity index (χ4n) is 2.73. The molecule has 3 rings (SSSR count). The third kappa shape index (κ3) is 2.94. The SMILES string of the molecule is C=C(C)Nc1ccc2oc(C(=O)N3CCCCC3)cc2c1. The zero-order valence-corrected chi connectivity index (χ0v) is 12.3. The summed E-state index contributed by atoms with van der Waals surface area (Å²) in [4.78, 5) is 14.3. The number of hydrogen-bond donors (Lipinski definition) is 1. The Morgan fingerprint density at radius 1 is 1.24 bits per heavy atom. The van der Waals surface area contributed by atoms with Gasteiger partial charge in [-0.25, -0.2) is 0 Å². The molecule has 0 unspecified atom stereocenters. The van der Waals surface area contributed by atoms with Gasteiger partial charge in [-0.15, -0.1) is 0 Å². The number of carbonyl (C=O) groups excluding carboxylic acids is 1. The summed E-state index contributed by atoms with van der Waals surface area (Å²) in [5, 5.41) is 4.10. The maximum atomic E-state index is 12.4. The largest absolute Gasteiger partial charge is 0.451 e. The molecule has 1 saturated heterocycles. The second-order valence-corrected chi connectivity index (χ2v) is 5.62. The van der Waals surface area contributed by atoms with Gasteiger partial charge in [-0.3, -0.25) is 4.79 Å². The van der Waals surface area contributed by atoms with Crippen molar-refractivity contribution in [3.05, 3.63) is 42.3 Å². The standard InChI is InChI=1S/C17H20N2O2/c1-12(2)18-14-6-7-15-13(10-14)11-16(21-15)17(20)19-8-4-3-5-9-19/h6-7,10-11,18H,1,3-5,8-9H2,2H3. The van der Waals surface area contributed by atoms with E-state index < -0.39 is 0 Å². The third-order valence-electron chi connectivity index (χ3n) is 3.73. The van der Waals surface area contributed by atoms with Crippen LogP contribution in [-0.2, 0) is 0 Å². The lowest BCUT2D eigenvalue weighted by molar-refractivity contribution is 0.0694. The molecule has 4 nitrogen and oxygen atoms in total. The minimum absolute atomic E-state index is 0.000287. The maximum absolute atomic E-state index is 12.4. The zero-order chi connectivity index (χ0) is 14.8. The van der Waals surface area contributed by atoms with Gasteiger partial charge in [-0.05, 0) is 50.5 Å². The second kappa shape index (κ2) is 5.64. The summed E-state index contributed by atoms with van der Waals surface area (Å²) in [6, 6.07) is 7.61. The molecule has 0 spiro atoms. The molecule has 1 aliphatic rings. The van der Waals surface area contributed by atoms with Crippen molar-refractivity contribution in [2.24, 2.45) is 0 Å². The number of likely N-dealkylation sites (tertiary alicyclic amines) is 1. The fraction of sp³-hybridized carbons (Fsp3) is 0.353. The number of fused-ring (bicyclic) bond motifs is 1. The molecular weight excluding hydrogens is 264 g/mol. The highest BCUT2D eigenvalue weighted by Gasteiger charge is 2.21. The van der Waals surface area contributed by atoms with Gasteiger partial charge in [0.15, 0.2) is 5.76 Å². The summed E-state index contributed by atoms with van der Waals surface area (Å²) >= 11 is 0. The third-order valence-corrected chi connectivity index (χ3v) is 3.73. The van der Waals surface area contributed by atoms with Crippen molar-refractivity contribution in [1.82, 2.24) is 4.90 Å². The number of carbonyl (C=O) groups is 1. The number of benzene rings is 1. The first-order valence-electron chi connectivity index (χ1n) is 7.39. The predicted molar refractivity (Wildman–Crippen MR) is 84.4 cm³/mol. The lowest BCUT2D eigenvalue weighted by atomic mass is 10.1. The predicted octanol–water partition coefficient (Wildman–Crippen LogP) is 4.00. The van der Waals surface area contributed by atoms with Crippen molar-refractivity contribution in [3.63, 3.8) is 0 Å². The van der Waals surface area contributed by atoms with E-state index in [1.807, 2.05) is 36.1 Å². The molecule has 0 saturated carbocycles. The van der Waals surface area contributed by atoms with Crippen molar-refractivity contribution in [2.75, 3.05) is 18.4 Å². The van der Waals surface area contributed by atoms with E-state index in [1.54, 1.807) is 0 Å². The van der Waals surface area contributed by atoms with Crippen molar-refractivity contribution >= 4 is 22.6 Å². The molecule has 0 aliphatic carbocycles. The number of nitrogens with one attached hydrogen (secondary N) is 1. The van der Waals surface area contributed by atoms with Gasteiger partial charge in [-0.1, -0.05) is 6.58 Å². The van der Waals surface area contributed by atoms with Crippen LogP contribution in [0.5, 0.6) is 0 Å². The number of piperidine rings is 1. The smallest absolute Gasteiger partial charge is 0.289 e. The molecule has 2 heterocycles. The van der Waals surface area contributed by atoms with Crippen LogP contribution < -0.4 is 5.32 Å². The van der Waals surface area contributed by atoms with Gasteiger partial charge in [0.05, 0.1) is 0 Å². The molecule has 110 valence electrons. The van der Waals surface area contributed by atoms with Crippen molar-refractivity contribution < 1.29 is 9.21 Å². The molecule has 0 bridgehead atoms. The maximum Gasteiger partial charge on any atom is 0.289 e. The van der Waals surface area contributed by atoms with Gasteiger partial charge in [-0.2, -0.15) is 0 Å². The Hall–Kier alpha value is -2.23. The van der Waals surface area contributed by atoms with Crippen LogP contribution in [0.3, 0.4) is 0 Å². The highest BCUT2D eigenvalue weighted by Crippen LogP contribution is 2.25. The number of anilines is 1. The number of allylic oxidation sites excluding steroid dienone is 1. The molecule has 1 aromatic carbocycles. The summed E-state index contributed by atoms with van der Waals surface area (Å²) in [5.41, 5.74) is 2.57. The van der Waals surface area contributed by atoms with Gasteiger partial charge < -0.3 is 14.6 Å². The van der Waals surface area contributed by atoms with Gasteiger partial charge in [0.2, 0.25) is 0 Å². The Morgan fingerprint density at radius 2 is 2.00 bits per heavy atom. The molecule has 21 heavy (non-hydrogen) atoms. The van der Waals surface area contributed by atoms with Crippen LogP contribution in [0.2, 0.25) is 0 Å². The first-order valence-corrected chi connectivity index (χ1v) is 7.39.